The van der Waals surface area contributed by atoms with Crippen LogP contribution in [0.5, 0.6) is 0 Å². The van der Waals surface area contributed by atoms with Crippen molar-refractivity contribution < 1.29 is 14.3 Å². The maximum Gasteiger partial charge on any atom is 0.204 e. The van der Waals surface area contributed by atoms with Crippen LogP contribution >= 0.6 is 15.9 Å². The van der Waals surface area contributed by atoms with E-state index in [2.05, 4.69) is 38.2 Å². The van der Waals surface area contributed by atoms with E-state index in [4.69, 9.17) is 14.4 Å². The Morgan fingerprint density at radius 1 is 1.37 bits per heavy atom. The number of likely N-dealkylation sites (N-methyl/N-ethyl adjacent to an activating group) is 1. The van der Waals surface area contributed by atoms with Gasteiger partial charge in [0.25, 0.3) is 0 Å². The van der Waals surface area contributed by atoms with Gasteiger partial charge in [-0.05, 0) is 67.9 Å². The minimum atomic E-state index is -0.145. The van der Waals surface area contributed by atoms with Gasteiger partial charge in [0.1, 0.15) is 11.9 Å². The number of hydrogen-bond donors (Lipinski definition) is 2. The summed E-state index contributed by atoms with van der Waals surface area (Å²) < 4.78 is 12.8. The highest BCUT2D eigenvalue weighted by atomic mass is 79.9. The predicted molar refractivity (Wildman–Crippen MR) is 116 cm³/mol. The number of aliphatic hydroxyl groups is 1. The lowest BCUT2D eigenvalue weighted by atomic mass is 9.70. The molecule has 2 atom stereocenters. The molecule has 30 heavy (non-hydrogen) atoms. The number of nitriles is 1. The predicted octanol–water partition coefficient (Wildman–Crippen LogP) is 3.80. The van der Waals surface area contributed by atoms with Gasteiger partial charge in [0.2, 0.25) is 5.76 Å². The highest BCUT2D eigenvalue weighted by Gasteiger charge is 2.51. The molecule has 2 aromatic heterocycles. The fourth-order valence-corrected chi connectivity index (χ4v) is 5.93. The molecule has 0 radical (unpaired) electrons. The second-order valence-corrected chi connectivity index (χ2v) is 10.1. The molecule has 4 aliphatic rings. The third-order valence-electron chi connectivity index (χ3n) is 7.32. The maximum atomic E-state index is 9.86. The fourth-order valence-electron chi connectivity index (χ4n) is 5.42. The van der Waals surface area contributed by atoms with Crippen molar-refractivity contribution in [3.8, 4) is 6.07 Å². The number of halogens is 1. The Kier molecular flexibility index (Phi) is 5.05. The first-order chi connectivity index (χ1) is 14.4. The zero-order chi connectivity index (χ0) is 20.9. The maximum absolute atomic E-state index is 9.86. The average Bonchev–Trinajstić information content (AvgIpc) is 3.38. The van der Waals surface area contributed by atoms with Gasteiger partial charge in [-0.1, -0.05) is 0 Å². The van der Waals surface area contributed by atoms with Crippen molar-refractivity contribution >= 4 is 32.7 Å². The monoisotopic (exact) mass is 474 g/mol. The van der Waals surface area contributed by atoms with Crippen LogP contribution in [0.1, 0.15) is 50.7 Å². The zero-order valence-corrected chi connectivity index (χ0v) is 18.7. The summed E-state index contributed by atoms with van der Waals surface area (Å²) in [6.45, 7) is 1.59. The van der Waals surface area contributed by atoms with Crippen LogP contribution in [0.2, 0.25) is 0 Å². The SMILES string of the molecule is CN(CC12CCC(Nc3ncc4oc(C#N)cc4c3Br)(CC1)CO2)C1CCC(O)C1. The van der Waals surface area contributed by atoms with Gasteiger partial charge in [-0.15, -0.1) is 0 Å². The van der Waals surface area contributed by atoms with Crippen LogP contribution in [0.3, 0.4) is 0 Å². The van der Waals surface area contributed by atoms with E-state index >= 15 is 0 Å². The number of rotatable bonds is 5. The zero-order valence-electron chi connectivity index (χ0n) is 17.2. The first kappa shape index (κ1) is 20.3. The van der Waals surface area contributed by atoms with Gasteiger partial charge in [-0.2, -0.15) is 5.26 Å². The van der Waals surface area contributed by atoms with Crippen LogP contribution in [0.15, 0.2) is 21.2 Å². The summed E-state index contributed by atoms with van der Waals surface area (Å²) in [4.78, 5) is 6.94. The molecule has 160 valence electrons. The van der Waals surface area contributed by atoms with Gasteiger partial charge in [0, 0.05) is 24.0 Å². The average molecular weight is 475 g/mol. The molecule has 0 amide bonds. The Hall–Kier alpha value is -1.66. The number of aliphatic hydroxyl groups excluding tert-OH is 1. The molecule has 2 N–H and O–H groups in total. The van der Waals surface area contributed by atoms with Gasteiger partial charge in [-0.3, -0.25) is 0 Å². The minimum absolute atomic E-state index is 0.0768. The van der Waals surface area contributed by atoms with E-state index in [1.165, 1.54) is 0 Å². The lowest BCUT2D eigenvalue weighted by molar-refractivity contribution is -0.159. The van der Waals surface area contributed by atoms with Gasteiger partial charge in [0.05, 0.1) is 34.5 Å². The smallest absolute Gasteiger partial charge is 0.204 e. The summed E-state index contributed by atoms with van der Waals surface area (Å²) in [7, 11) is 2.17. The topological polar surface area (TPSA) is 94.6 Å². The minimum Gasteiger partial charge on any atom is -0.444 e. The molecule has 4 fully saturated rings. The van der Waals surface area contributed by atoms with Crippen LogP contribution in [0.4, 0.5) is 5.82 Å². The Balaban J connectivity index is 1.27. The number of pyridine rings is 1. The molecule has 2 aromatic rings. The molecule has 6 rings (SSSR count). The molecule has 2 unspecified atom stereocenters. The van der Waals surface area contributed by atoms with Gasteiger partial charge in [-0.25, -0.2) is 4.98 Å². The van der Waals surface area contributed by atoms with Crippen LogP contribution in [0, 0.1) is 11.3 Å². The van der Waals surface area contributed by atoms with E-state index in [0.29, 0.717) is 18.2 Å². The highest BCUT2D eigenvalue weighted by Crippen LogP contribution is 2.46. The van der Waals surface area contributed by atoms with Crippen LogP contribution in [0.25, 0.3) is 11.0 Å². The number of nitrogens with zero attached hydrogens (tertiary/aromatic N) is 3. The van der Waals surface area contributed by atoms with Crippen LogP contribution < -0.4 is 5.32 Å². The summed E-state index contributed by atoms with van der Waals surface area (Å²) in [6, 6.07) is 4.24. The Bertz CT molecular complexity index is 976. The van der Waals surface area contributed by atoms with E-state index in [1.807, 2.05) is 6.07 Å². The third-order valence-corrected chi connectivity index (χ3v) is 8.12. The number of aromatic nitrogens is 1. The molecule has 0 spiro atoms. The third kappa shape index (κ3) is 3.52. The number of hydrogen-bond acceptors (Lipinski definition) is 7. The van der Waals surface area contributed by atoms with Gasteiger partial charge >= 0.3 is 0 Å². The number of nitrogens with one attached hydrogen (secondary N) is 1. The lowest BCUT2D eigenvalue weighted by Gasteiger charge is -2.54. The summed E-state index contributed by atoms with van der Waals surface area (Å²) >= 11 is 3.64. The molecule has 2 bridgehead atoms. The van der Waals surface area contributed by atoms with Crippen molar-refractivity contribution in [1.29, 1.82) is 5.26 Å². The Morgan fingerprint density at radius 3 is 2.80 bits per heavy atom. The molecule has 2 aliphatic heterocycles. The molecule has 2 saturated heterocycles. The van der Waals surface area contributed by atoms with Gasteiger partial charge < -0.3 is 24.5 Å². The van der Waals surface area contributed by atoms with Crippen LogP contribution in [-0.2, 0) is 4.74 Å². The summed E-state index contributed by atoms with van der Waals surface area (Å²) in [5, 5.41) is 23.4. The molecule has 2 aliphatic carbocycles. The van der Waals surface area contributed by atoms with E-state index < -0.39 is 0 Å². The van der Waals surface area contributed by atoms with Gasteiger partial charge in [0.15, 0.2) is 5.58 Å². The molecule has 7 nitrogen and oxygen atoms in total. The first-order valence-corrected chi connectivity index (χ1v) is 11.5. The molecule has 0 aromatic carbocycles. The Labute approximate surface area is 184 Å². The van der Waals surface area contributed by atoms with E-state index in [-0.39, 0.29) is 23.0 Å². The number of ether oxygens (including phenoxy) is 1. The van der Waals surface area contributed by atoms with Crippen LogP contribution in [-0.4, -0.2) is 58.5 Å². The van der Waals surface area contributed by atoms with Crippen molar-refractivity contribution in [2.45, 2.75) is 68.2 Å². The quantitative estimate of drug-likeness (QED) is 0.680. The first-order valence-electron chi connectivity index (χ1n) is 10.7. The van der Waals surface area contributed by atoms with Crippen molar-refractivity contribution in [3.05, 3.63) is 22.5 Å². The van der Waals surface area contributed by atoms with E-state index in [1.54, 1.807) is 12.3 Å². The summed E-state index contributed by atoms with van der Waals surface area (Å²) in [5.74, 6) is 1.05. The molecule has 8 heteroatoms. The van der Waals surface area contributed by atoms with Crippen molar-refractivity contribution in [1.82, 2.24) is 9.88 Å². The van der Waals surface area contributed by atoms with Crippen molar-refractivity contribution in [2.75, 3.05) is 25.5 Å². The van der Waals surface area contributed by atoms with E-state index in [9.17, 15) is 5.11 Å². The second-order valence-electron chi connectivity index (χ2n) is 9.33. The normalized spacial score (nSPS) is 33.3. The number of fused-ring (bicyclic) bond motifs is 4. The molecular formula is C22H27BrN4O3. The second kappa shape index (κ2) is 7.49. The summed E-state index contributed by atoms with van der Waals surface area (Å²) in [6.07, 6.45) is 8.49. The molecule has 2 saturated carbocycles. The number of anilines is 1. The standard InChI is InChI=1S/C22H27BrN4O3/c1-27(14-2-3-15(28)8-14)12-22-6-4-21(5-7-22,13-29-22)26-20-19(23)17-9-16(10-24)30-18(17)11-25-20/h9,11,14-15,28H,2-8,12-13H2,1H3,(H,25,26). The van der Waals surface area contributed by atoms with E-state index in [0.717, 1.165) is 67.2 Å². The van der Waals surface area contributed by atoms with Crippen molar-refractivity contribution in [2.24, 2.45) is 0 Å². The largest absolute Gasteiger partial charge is 0.444 e. The lowest BCUT2D eigenvalue weighted by Crippen LogP contribution is -2.62. The van der Waals surface area contributed by atoms with Crippen molar-refractivity contribution in [3.63, 3.8) is 0 Å². The fraction of sp³-hybridized carbons (Fsp3) is 0.636. The summed E-state index contributed by atoms with van der Waals surface area (Å²) in [5.41, 5.74) is 0.408. The number of furan rings is 1. The highest BCUT2D eigenvalue weighted by molar-refractivity contribution is 9.10. The Morgan fingerprint density at radius 2 is 2.17 bits per heavy atom. The molecular weight excluding hydrogens is 448 g/mol. The molecule has 4 heterocycles.